The van der Waals surface area contributed by atoms with Crippen molar-refractivity contribution in [3.8, 4) is 11.6 Å². The molecule has 0 spiro atoms. The molecule has 2 heterocycles. The zero-order valence-electron chi connectivity index (χ0n) is 11.1. The second kappa shape index (κ2) is 6.72. The van der Waals surface area contributed by atoms with Crippen LogP contribution in [0.2, 0.25) is 0 Å². The predicted octanol–water partition coefficient (Wildman–Crippen LogP) is 2.66. The first kappa shape index (κ1) is 19.8. The van der Waals surface area contributed by atoms with E-state index in [4.69, 9.17) is 0 Å². The van der Waals surface area contributed by atoms with Crippen molar-refractivity contribution < 1.29 is 66.6 Å². The fourth-order valence-corrected chi connectivity index (χ4v) is 1.63. The van der Waals surface area contributed by atoms with Gasteiger partial charge in [0.05, 0.1) is 0 Å². The largest absolute Gasteiger partial charge is 0.459 e. The summed E-state index contributed by atoms with van der Waals surface area (Å²) in [5.41, 5.74) is -1.98. The molecule has 0 aliphatic rings. The van der Waals surface area contributed by atoms with Gasteiger partial charge in [-0.05, 0) is 0 Å². The minimum Gasteiger partial charge on any atom is -0.432 e. The van der Waals surface area contributed by atoms with E-state index >= 15 is 0 Å². The first-order valence-corrected chi connectivity index (χ1v) is 5.43. The molecule has 0 N–H and O–H groups in total. The Balaban J connectivity index is 0.00000264. The Kier molecular flexibility index (Phi) is 5.80. The van der Waals surface area contributed by atoms with E-state index in [9.17, 15) is 30.7 Å². The summed E-state index contributed by atoms with van der Waals surface area (Å²) in [7, 11) is 0.977. The van der Waals surface area contributed by atoms with Crippen LogP contribution in [-0.2, 0) is 13.0 Å². The van der Waals surface area contributed by atoms with Gasteiger partial charge in [-0.15, -0.1) is 12.4 Å². The molecule has 23 heavy (non-hydrogen) atoms. The minimum atomic E-state index is -6.03. The molecular formula is C10H6F7N4OU-. The number of hydrogen-bond donors (Lipinski definition) is 0. The third kappa shape index (κ3) is 3.66. The van der Waals surface area contributed by atoms with Gasteiger partial charge in [-0.3, -0.25) is 4.68 Å². The van der Waals surface area contributed by atoms with Crippen molar-refractivity contribution in [1.82, 2.24) is 19.6 Å². The van der Waals surface area contributed by atoms with E-state index < -0.39 is 36.0 Å². The molecule has 2 rings (SSSR count). The number of hydrogen-bond acceptors (Lipinski definition) is 3. The molecule has 5 nitrogen and oxygen atoms in total. The number of nitrogens with zero attached hydrogens (tertiary/aromatic N) is 4. The van der Waals surface area contributed by atoms with Crippen LogP contribution in [0.25, 0.3) is 5.82 Å². The fourth-order valence-electron chi connectivity index (χ4n) is 1.63. The second-order valence-corrected chi connectivity index (χ2v) is 3.96. The maximum absolute atomic E-state index is 13.4. The van der Waals surface area contributed by atoms with Gasteiger partial charge in [0.2, 0.25) is 0 Å². The maximum atomic E-state index is 13.4. The molecule has 0 bridgehead atoms. The first-order valence-electron chi connectivity index (χ1n) is 5.43. The van der Waals surface area contributed by atoms with E-state index in [0.717, 1.165) is 24.1 Å². The van der Waals surface area contributed by atoms with Gasteiger partial charge in [0.15, 0.2) is 17.3 Å². The van der Waals surface area contributed by atoms with Gasteiger partial charge >= 0.3 is 18.7 Å². The molecule has 0 unspecified atom stereocenters. The number of aromatic nitrogens is 4. The van der Waals surface area contributed by atoms with Crippen molar-refractivity contribution in [2.75, 3.05) is 0 Å². The van der Waals surface area contributed by atoms with Crippen LogP contribution in [0.3, 0.4) is 0 Å². The van der Waals surface area contributed by atoms with Crippen molar-refractivity contribution in [3.63, 3.8) is 0 Å². The molecule has 126 valence electrons. The summed E-state index contributed by atoms with van der Waals surface area (Å²) >= 11 is 0. The van der Waals surface area contributed by atoms with Crippen LogP contribution in [0.1, 0.15) is 5.69 Å². The fraction of sp³-hybridized carbons (Fsp3) is 0.400. The molecule has 0 radical (unpaired) electrons. The molecule has 0 aliphatic carbocycles. The normalized spacial score (nSPS) is 12.4. The zero-order valence-corrected chi connectivity index (χ0v) is 15.2. The molecule has 2 aromatic rings. The Morgan fingerprint density at radius 1 is 1.22 bits per heavy atom. The quantitative estimate of drug-likeness (QED) is 0.421. The van der Waals surface area contributed by atoms with Crippen molar-refractivity contribution >= 4 is 0 Å². The van der Waals surface area contributed by atoms with Crippen molar-refractivity contribution in [3.05, 3.63) is 24.2 Å². The Hall–Kier alpha value is -1.22. The van der Waals surface area contributed by atoms with Crippen molar-refractivity contribution in [2.24, 2.45) is 7.05 Å². The van der Waals surface area contributed by atoms with E-state index in [1.165, 1.54) is 0 Å². The Labute approximate surface area is 147 Å². The van der Waals surface area contributed by atoms with Crippen LogP contribution in [0, 0.1) is 37.2 Å². The monoisotopic (exact) mass is 569 g/mol. The third-order valence-electron chi connectivity index (χ3n) is 2.51. The predicted molar refractivity (Wildman–Crippen MR) is 55.7 cm³/mol. The summed E-state index contributed by atoms with van der Waals surface area (Å²) in [6.07, 6.45) is -3.97. The topological polar surface area (TPSA) is 44.9 Å². The Bertz CT molecular complexity index is 653. The van der Waals surface area contributed by atoms with Gasteiger partial charge in [-0.1, -0.05) is 0 Å². The van der Waals surface area contributed by atoms with Gasteiger partial charge < -0.3 is 10.8 Å². The van der Waals surface area contributed by atoms with Gasteiger partial charge in [-0.25, -0.2) is 9.78 Å². The van der Waals surface area contributed by atoms with E-state index in [1.807, 2.05) is 0 Å². The standard InChI is InChI=1S/C10H6F7N4O.U/c1-20-7(21-4-2-3-18-21)5(22-8(11)12)6(19-20)9(13,14)10(15,16)17;/h3-4,8H,1H3;/q-1;. The molecular weight excluding hydrogens is 563 g/mol. The molecule has 0 amide bonds. The molecule has 2 aromatic heterocycles. The summed E-state index contributed by atoms with van der Waals surface area (Å²) in [4.78, 5) is 0. The number of alkyl halides is 7. The van der Waals surface area contributed by atoms with E-state index in [2.05, 4.69) is 21.0 Å². The van der Waals surface area contributed by atoms with Gasteiger partial charge in [0.25, 0.3) is 0 Å². The Morgan fingerprint density at radius 3 is 2.26 bits per heavy atom. The molecule has 13 heteroatoms. The summed E-state index contributed by atoms with van der Waals surface area (Å²) < 4.78 is 94.1. The van der Waals surface area contributed by atoms with Crippen molar-refractivity contribution in [1.29, 1.82) is 0 Å². The van der Waals surface area contributed by atoms with Crippen LogP contribution in [-0.4, -0.2) is 32.3 Å². The molecule has 0 aromatic carbocycles. The summed E-state index contributed by atoms with van der Waals surface area (Å²) in [5, 5.41) is 6.49. The van der Waals surface area contributed by atoms with Crippen LogP contribution in [0.5, 0.6) is 5.75 Å². The molecule has 0 saturated carbocycles. The van der Waals surface area contributed by atoms with Gasteiger partial charge in [-0.2, -0.15) is 35.8 Å². The van der Waals surface area contributed by atoms with Crippen LogP contribution >= 0.6 is 0 Å². The molecule has 0 atom stereocenters. The van der Waals surface area contributed by atoms with E-state index in [0.29, 0.717) is 4.68 Å². The number of rotatable bonds is 4. The number of ether oxygens (including phenoxy) is 1. The minimum absolute atomic E-state index is 0. The maximum Gasteiger partial charge on any atom is 0.459 e. The van der Waals surface area contributed by atoms with Crippen molar-refractivity contribution in [2.45, 2.75) is 18.7 Å². The summed E-state index contributed by atoms with van der Waals surface area (Å²) in [6.45, 7) is -3.63. The second-order valence-electron chi connectivity index (χ2n) is 3.96. The average Bonchev–Trinajstić information content (AvgIpc) is 2.95. The Morgan fingerprint density at radius 2 is 1.83 bits per heavy atom. The molecule has 0 fully saturated rings. The third-order valence-corrected chi connectivity index (χ3v) is 2.51. The van der Waals surface area contributed by atoms with E-state index in [1.54, 1.807) is 0 Å². The van der Waals surface area contributed by atoms with Crippen LogP contribution in [0.4, 0.5) is 30.7 Å². The SMILES string of the molecule is Cn1nc(C(F)(F)C(F)(F)F)c(OC(F)F)c1-n1c[c-]cn1.[U]. The van der Waals surface area contributed by atoms with Crippen LogP contribution in [0.15, 0.2) is 12.4 Å². The first-order chi connectivity index (χ1) is 10.1. The zero-order chi connectivity index (χ0) is 16.7. The summed E-state index contributed by atoms with van der Waals surface area (Å²) in [6, 6.07) is 2.37. The molecule has 0 saturated heterocycles. The number of aryl methyl sites for hydroxylation is 1. The van der Waals surface area contributed by atoms with Gasteiger partial charge in [0.1, 0.15) is 0 Å². The number of halogens is 7. The van der Waals surface area contributed by atoms with Crippen LogP contribution < -0.4 is 4.74 Å². The average molecular weight is 569 g/mol. The van der Waals surface area contributed by atoms with Gasteiger partial charge in [0, 0.05) is 38.2 Å². The summed E-state index contributed by atoms with van der Waals surface area (Å²) in [5.74, 6) is -7.53. The molecule has 0 aliphatic heterocycles. The smallest absolute Gasteiger partial charge is 0.432 e. The van der Waals surface area contributed by atoms with E-state index in [-0.39, 0.29) is 31.1 Å².